The lowest BCUT2D eigenvalue weighted by molar-refractivity contribution is -0.112. The summed E-state index contributed by atoms with van der Waals surface area (Å²) < 4.78 is 64.2. The molecule has 37 heavy (non-hydrogen) atoms. The second-order valence-corrected chi connectivity index (χ2v) is 7.43. The Morgan fingerprint density at radius 1 is 0.784 bits per heavy atom. The lowest BCUT2D eigenvalue weighted by Gasteiger charge is -2.12. The van der Waals surface area contributed by atoms with Crippen LogP contribution in [0.4, 0.5) is 18.9 Å². The van der Waals surface area contributed by atoms with E-state index in [0.29, 0.717) is 22.4 Å². The largest absolute Gasteiger partial charge is 0.497 e. The van der Waals surface area contributed by atoms with E-state index in [9.17, 15) is 22.8 Å². The van der Waals surface area contributed by atoms with Crippen LogP contribution in [-0.2, 0) is 4.79 Å². The van der Waals surface area contributed by atoms with Gasteiger partial charge in [-0.25, -0.2) is 23.1 Å². The fourth-order valence-electron chi connectivity index (χ4n) is 3.43. The van der Waals surface area contributed by atoms with Gasteiger partial charge in [-0.2, -0.15) is 0 Å². The van der Waals surface area contributed by atoms with Crippen LogP contribution in [0.3, 0.4) is 0 Å². The van der Waals surface area contributed by atoms with Gasteiger partial charge in [0.1, 0.15) is 35.3 Å². The molecule has 0 aliphatic rings. The molecule has 0 radical (unpaired) electrons. The minimum absolute atomic E-state index is 0.0541. The molecule has 0 atom stereocenters. The molecule has 1 aromatic heterocycles. The fraction of sp³-hybridized carbons (Fsp3) is 0.120. The fourth-order valence-corrected chi connectivity index (χ4v) is 3.43. The number of carbonyl (C=O) groups is 2. The van der Waals surface area contributed by atoms with E-state index in [0.717, 1.165) is 24.3 Å². The Morgan fingerprint density at radius 2 is 1.46 bits per heavy atom. The van der Waals surface area contributed by atoms with Crippen LogP contribution in [0.1, 0.15) is 10.4 Å². The van der Waals surface area contributed by atoms with Crippen molar-refractivity contribution in [1.29, 1.82) is 0 Å². The topological polar surface area (TPSA) is 109 Å². The quantitative estimate of drug-likeness (QED) is 0.267. The van der Waals surface area contributed by atoms with Gasteiger partial charge in [0.25, 0.3) is 11.7 Å². The number of halogens is 3. The number of aromatic nitrogens is 2. The first-order chi connectivity index (χ1) is 17.7. The highest BCUT2D eigenvalue weighted by Gasteiger charge is 2.26. The van der Waals surface area contributed by atoms with Crippen LogP contribution in [0.5, 0.6) is 28.9 Å². The molecule has 9 nitrogen and oxygen atoms in total. The number of Topliss-reactive ketones (excluding diaryl/α,β-unsaturated/α-hetero) is 1. The Balaban J connectivity index is 1.61. The number of ether oxygens (including phenoxy) is 4. The van der Waals surface area contributed by atoms with Gasteiger partial charge < -0.3 is 24.3 Å². The molecule has 0 saturated heterocycles. The van der Waals surface area contributed by atoms with E-state index in [4.69, 9.17) is 18.9 Å². The number of fused-ring (bicyclic) bond motifs is 1. The number of amides is 1. The average molecular weight is 513 g/mol. The minimum Gasteiger partial charge on any atom is -0.497 e. The van der Waals surface area contributed by atoms with Gasteiger partial charge in [0, 0.05) is 36.0 Å². The first-order valence-electron chi connectivity index (χ1n) is 10.5. The summed E-state index contributed by atoms with van der Waals surface area (Å²) in [6.07, 6.45) is 1.18. The number of hydrogen-bond acceptors (Lipinski definition) is 8. The number of nitrogens with one attached hydrogen (secondary N) is 1. The molecule has 0 fully saturated rings. The van der Waals surface area contributed by atoms with E-state index < -0.39 is 34.7 Å². The van der Waals surface area contributed by atoms with Gasteiger partial charge >= 0.3 is 0 Å². The molecule has 0 spiro atoms. The van der Waals surface area contributed by atoms with Crippen molar-refractivity contribution in [2.24, 2.45) is 0 Å². The van der Waals surface area contributed by atoms with Crippen LogP contribution in [-0.4, -0.2) is 43.0 Å². The van der Waals surface area contributed by atoms with Gasteiger partial charge in [-0.1, -0.05) is 0 Å². The number of carbonyl (C=O) groups excluding carboxylic acids is 2. The van der Waals surface area contributed by atoms with Gasteiger partial charge in [0.05, 0.1) is 37.8 Å². The highest BCUT2D eigenvalue weighted by molar-refractivity contribution is 6.46. The second-order valence-electron chi connectivity index (χ2n) is 7.43. The Morgan fingerprint density at radius 3 is 2.11 bits per heavy atom. The zero-order chi connectivity index (χ0) is 26.7. The molecule has 12 heteroatoms. The molecule has 3 aromatic carbocycles. The summed E-state index contributed by atoms with van der Waals surface area (Å²) in [7, 11) is 4.15. The number of benzene rings is 3. The molecule has 0 aliphatic carbocycles. The van der Waals surface area contributed by atoms with Crippen molar-refractivity contribution >= 4 is 28.3 Å². The average Bonchev–Trinajstić information content (AvgIpc) is 2.87. The highest BCUT2D eigenvalue weighted by Crippen LogP contribution is 2.36. The molecule has 4 aromatic rings. The number of ketones is 1. The second kappa shape index (κ2) is 10.4. The van der Waals surface area contributed by atoms with E-state index in [2.05, 4.69) is 15.3 Å². The lowest BCUT2D eigenvalue weighted by Crippen LogP contribution is -2.25. The van der Waals surface area contributed by atoms with E-state index in [1.54, 1.807) is 6.07 Å². The summed E-state index contributed by atoms with van der Waals surface area (Å²) in [5.74, 6) is -5.96. The van der Waals surface area contributed by atoms with Gasteiger partial charge in [0.2, 0.25) is 5.88 Å². The van der Waals surface area contributed by atoms with Crippen molar-refractivity contribution in [3.05, 3.63) is 71.8 Å². The highest BCUT2D eigenvalue weighted by atomic mass is 19.1. The third-order valence-corrected chi connectivity index (χ3v) is 5.13. The van der Waals surface area contributed by atoms with Crippen LogP contribution in [0, 0.1) is 17.5 Å². The molecular formula is C25H18F3N3O6. The first-order valence-corrected chi connectivity index (χ1v) is 10.5. The van der Waals surface area contributed by atoms with E-state index in [1.807, 2.05) is 0 Å². The van der Waals surface area contributed by atoms with Gasteiger partial charge in [0.15, 0.2) is 11.5 Å². The van der Waals surface area contributed by atoms with Crippen LogP contribution < -0.4 is 24.3 Å². The SMILES string of the molecule is COc1cc(F)cc(NC(=O)C(=O)c2c(F)cc(Oc3ncnc4cc(OC)c(OC)cc34)cc2F)c1. The van der Waals surface area contributed by atoms with Crippen molar-refractivity contribution in [2.45, 2.75) is 0 Å². The molecule has 1 amide bonds. The third kappa shape index (κ3) is 5.22. The van der Waals surface area contributed by atoms with Crippen molar-refractivity contribution in [3.63, 3.8) is 0 Å². The van der Waals surface area contributed by atoms with Crippen molar-refractivity contribution in [2.75, 3.05) is 26.6 Å². The van der Waals surface area contributed by atoms with Crippen molar-refractivity contribution in [3.8, 4) is 28.9 Å². The Kier molecular flexibility index (Phi) is 7.09. The predicted octanol–water partition coefficient (Wildman–Crippen LogP) is 4.69. The summed E-state index contributed by atoms with van der Waals surface area (Å²) >= 11 is 0. The molecule has 0 aliphatic heterocycles. The molecule has 4 rings (SSSR count). The Labute approximate surface area is 207 Å². The van der Waals surface area contributed by atoms with Crippen molar-refractivity contribution in [1.82, 2.24) is 9.97 Å². The van der Waals surface area contributed by atoms with Crippen LogP contribution in [0.15, 0.2) is 48.8 Å². The number of hydrogen-bond donors (Lipinski definition) is 1. The normalized spacial score (nSPS) is 10.6. The zero-order valence-electron chi connectivity index (χ0n) is 19.6. The maximum absolute atomic E-state index is 14.8. The molecular weight excluding hydrogens is 495 g/mol. The van der Waals surface area contributed by atoms with Crippen LogP contribution in [0.2, 0.25) is 0 Å². The molecule has 1 N–H and O–H groups in total. The number of anilines is 1. The minimum atomic E-state index is -1.52. The number of methoxy groups -OCH3 is 3. The predicted molar refractivity (Wildman–Crippen MR) is 125 cm³/mol. The summed E-state index contributed by atoms with van der Waals surface area (Å²) in [6.45, 7) is 0. The van der Waals surface area contributed by atoms with E-state index >= 15 is 0 Å². The standard InChI is InChI=1S/C25H18F3N3O6/c1-34-14-5-12(26)4-13(6-14)31-24(33)23(32)22-17(27)7-15(8-18(22)28)37-25-16-9-20(35-2)21(36-3)10-19(16)29-11-30-25/h4-11H,1-3H3,(H,31,33). The summed E-state index contributed by atoms with van der Waals surface area (Å²) in [6, 6.07) is 7.73. The zero-order valence-corrected chi connectivity index (χ0v) is 19.6. The van der Waals surface area contributed by atoms with Gasteiger partial charge in [-0.15, -0.1) is 0 Å². The smallest absolute Gasteiger partial charge is 0.296 e. The number of rotatable bonds is 8. The maximum atomic E-state index is 14.8. The Hall–Kier alpha value is -4.87. The van der Waals surface area contributed by atoms with Crippen LogP contribution >= 0.6 is 0 Å². The molecule has 1 heterocycles. The molecule has 0 unspecified atom stereocenters. The van der Waals surface area contributed by atoms with E-state index in [-0.39, 0.29) is 23.1 Å². The monoisotopic (exact) mass is 513 g/mol. The summed E-state index contributed by atoms with van der Waals surface area (Å²) in [5.41, 5.74) is -0.855. The van der Waals surface area contributed by atoms with Gasteiger partial charge in [-0.05, 0) is 12.1 Å². The molecule has 0 bridgehead atoms. The molecule has 190 valence electrons. The third-order valence-electron chi connectivity index (χ3n) is 5.13. The first kappa shape index (κ1) is 25.2. The van der Waals surface area contributed by atoms with Crippen molar-refractivity contribution < 1.29 is 41.7 Å². The summed E-state index contributed by atoms with van der Waals surface area (Å²) in [4.78, 5) is 33.0. The summed E-state index contributed by atoms with van der Waals surface area (Å²) in [5, 5.41) is 2.45. The lowest BCUT2D eigenvalue weighted by atomic mass is 10.1. The van der Waals surface area contributed by atoms with Gasteiger partial charge in [-0.3, -0.25) is 9.59 Å². The maximum Gasteiger partial charge on any atom is 0.296 e. The molecule has 0 saturated carbocycles. The van der Waals surface area contributed by atoms with Crippen LogP contribution in [0.25, 0.3) is 10.9 Å². The Bertz CT molecular complexity index is 1510. The number of nitrogens with zero attached hydrogens (tertiary/aromatic N) is 2. The van der Waals surface area contributed by atoms with E-state index in [1.165, 1.54) is 39.8 Å².